The van der Waals surface area contributed by atoms with Crippen LogP contribution in [-0.4, -0.2) is 21.1 Å². The Kier molecular flexibility index (Phi) is 4.65. The number of rotatable bonds is 4. The lowest BCUT2D eigenvalue weighted by molar-refractivity contribution is 0.102. The van der Waals surface area contributed by atoms with Crippen LogP contribution in [0.4, 0.5) is 0 Å². The first-order valence-corrected chi connectivity index (χ1v) is 9.36. The molecule has 22 heavy (non-hydrogen) atoms. The zero-order valence-electron chi connectivity index (χ0n) is 11.6. The van der Waals surface area contributed by atoms with E-state index in [9.17, 15) is 9.59 Å². The molecule has 0 atom stereocenters. The molecule has 0 aliphatic rings. The second kappa shape index (κ2) is 6.51. The summed E-state index contributed by atoms with van der Waals surface area (Å²) in [6.45, 7) is 0. The number of carbonyl (C=O) groups excluding carboxylic acids is 1. The summed E-state index contributed by atoms with van der Waals surface area (Å²) in [4.78, 5) is 29.6. The lowest BCUT2D eigenvalue weighted by Gasteiger charge is -2.06. The van der Waals surface area contributed by atoms with Crippen molar-refractivity contribution in [3.05, 3.63) is 55.2 Å². The van der Waals surface area contributed by atoms with Crippen LogP contribution < -0.4 is 5.56 Å². The molecule has 4 nitrogen and oxygen atoms in total. The molecule has 7 heteroatoms. The lowest BCUT2D eigenvalue weighted by atomic mass is 10.2. The maximum absolute atomic E-state index is 12.2. The van der Waals surface area contributed by atoms with Crippen LogP contribution in [0.1, 0.15) is 10.4 Å². The van der Waals surface area contributed by atoms with Crippen molar-refractivity contribution in [1.82, 2.24) is 9.55 Å². The molecule has 0 saturated heterocycles. The van der Waals surface area contributed by atoms with Gasteiger partial charge < -0.3 is 0 Å². The molecule has 0 unspecified atom stereocenters. The zero-order chi connectivity index (χ0) is 15.7. The van der Waals surface area contributed by atoms with Gasteiger partial charge in [-0.25, -0.2) is 4.98 Å². The molecule has 0 radical (unpaired) electrons. The summed E-state index contributed by atoms with van der Waals surface area (Å²) in [5.41, 5.74) is 0.602. The Morgan fingerprint density at radius 2 is 2.05 bits per heavy atom. The quantitative estimate of drug-likeness (QED) is 0.268. The van der Waals surface area contributed by atoms with Crippen molar-refractivity contribution in [2.45, 2.75) is 5.16 Å². The van der Waals surface area contributed by atoms with Gasteiger partial charge in [-0.2, -0.15) is 0 Å². The minimum atomic E-state index is -0.0736. The first-order chi connectivity index (χ1) is 10.6. The number of halogens is 1. The molecule has 1 aromatic carbocycles. The summed E-state index contributed by atoms with van der Waals surface area (Å²) in [6.07, 6.45) is 0. The van der Waals surface area contributed by atoms with Crippen LogP contribution in [0, 0.1) is 3.57 Å². The molecule has 0 aliphatic heterocycles. The number of hydrogen-bond donors (Lipinski definition) is 0. The molecule has 0 amide bonds. The number of hydrogen-bond acceptors (Lipinski definition) is 5. The van der Waals surface area contributed by atoms with E-state index in [0.717, 1.165) is 3.57 Å². The third-order valence-corrected chi connectivity index (χ3v) is 5.72. The van der Waals surface area contributed by atoms with E-state index in [4.69, 9.17) is 0 Å². The third-order valence-electron chi connectivity index (χ3n) is 3.16. The lowest BCUT2D eigenvalue weighted by Crippen LogP contribution is -2.19. The monoisotopic (exact) mass is 442 g/mol. The summed E-state index contributed by atoms with van der Waals surface area (Å²) in [6, 6.07) is 9.23. The average Bonchev–Trinajstić information content (AvgIpc) is 2.98. The highest BCUT2D eigenvalue weighted by atomic mass is 127. The fourth-order valence-corrected chi connectivity index (χ4v) is 3.99. The molecule has 0 aliphatic carbocycles. The standard InChI is InChI=1S/C15H11IN2O2S2/c1-18-14(20)11-6-7-21-13(11)17-15(18)22-8-12(19)9-2-4-10(16)5-3-9/h2-7H,8H2,1H3. The molecule has 0 saturated carbocycles. The van der Waals surface area contributed by atoms with Gasteiger partial charge in [-0.05, 0) is 46.2 Å². The highest BCUT2D eigenvalue weighted by Crippen LogP contribution is 2.21. The number of thiophene rings is 1. The topological polar surface area (TPSA) is 52.0 Å². The van der Waals surface area contributed by atoms with Crippen molar-refractivity contribution in [2.75, 3.05) is 5.75 Å². The van der Waals surface area contributed by atoms with E-state index in [1.54, 1.807) is 13.1 Å². The second-order valence-electron chi connectivity index (χ2n) is 4.62. The smallest absolute Gasteiger partial charge is 0.262 e. The zero-order valence-corrected chi connectivity index (χ0v) is 15.4. The Morgan fingerprint density at radius 1 is 1.32 bits per heavy atom. The van der Waals surface area contributed by atoms with Crippen molar-refractivity contribution in [1.29, 1.82) is 0 Å². The van der Waals surface area contributed by atoms with Crippen LogP contribution in [0.15, 0.2) is 45.7 Å². The second-order valence-corrected chi connectivity index (χ2v) is 7.70. The van der Waals surface area contributed by atoms with Crippen molar-refractivity contribution in [2.24, 2.45) is 7.05 Å². The number of thioether (sulfide) groups is 1. The van der Waals surface area contributed by atoms with Crippen LogP contribution in [0.2, 0.25) is 0 Å². The molecular weight excluding hydrogens is 431 g/mol. The van der Waals surface area contributed by atoms with E-state index in [-0.39, 0.29) is 17.1 Å². The summed E-state index contributed by atoms with van der Waals surface area (Å²) >= 11 is 4.93. The number of fused-ring (bicyclic) bond motifs is 1. The molecule has 0 fully saturated rings. The van der Waals surface area contributed by atoms with Crippen LogP contribution in [0.5, 0.6) is 0 Å². The largest absolute Gasteiger partial charge is 0.293 e. The predicted molar refractivity (Wildman–Crippen MR) is 99.1 cm³/mol. The first-order valence-electron chi connectivity index (χ1n) is 6.42. The van der Waals surface area contributed by atoms with Gasteiger partial charge in [0.2, 0.25) is 0 Å². The third kappa shape index (κ3) is 3.11. The first kappa shape index (κ1) is 15.7. The fraction of sp³-hybridized carbons (Fsp3) is 0.133. The van der Waals surface area contributed by atoms with E-state index >= 15 is 0 Å². The van der Waals surface area contributed by atoms with Gasteiger partial charge in [-0.3, -0.25) is 14.2 Å². The summed E-state index contributed by atoms with van der Waals surface area (Å²) in [5, 5.41) is 3.05. The molecule has 0 N–H and O–H groups in total. The Balaban J connectivity index is 1.81. The molecule has 3 rings (SSSR count). The van der Waals surface area contributed by atoms with Gasteiger partial charge in [0.15, 0.2) is 10.9 Å². The fourth-order valence-electron chi connectivity index (χ4n) is 1.96. The maximum Gasteiger partial charge on any atom is 0.262 e. The van der Waals surface area contributed by atoms with Crippen LogP contribution in [0.3, 0.4) is 0 Å². The minimum Gasteiger partial charge on any atom is -0.293 e. The van der Waals surface area contributed by atoms with Gasteiger partial charge in [0.05, 0.1) is 11.1 Å². The van der Waals surface area contributed by atoms with Gasteiger partial charge in [0, 0.05) is 16.2 Å². The number of benzene rings is 1. The Hall–Kier alpha value is -1.19. The van der Waals surface area contributed by atoms with Crippen molar-refractivity contribution in [3.63, 3.8) is 0 Å². The van der Waals surface area contributed by atoms with Crippen LogP contribution in [-0.2, 0) is 7.05 Å². The van der Waals surface area contributed by atoms with E-state index < -0.39 is 0 Å². The number of aromatic nitrogens is 2. The van der Waals surface area contributed by atoms with Crippen molar-refractivity contribution < 1.29 is 4.79 Å². The normalized spacial score (nSPS) is 11.0. The molecule has 0 spiro atoms. The van der Waals surface area contributed by atoms with E-state index in [0.29, 0.717) is 20.9 Å². The Bertz CT molecular complexity index is 900. The van der Waals surface area contributed by atoms with Crippen LogP contribution in [0.25, 0.3) is 10.2 Å². The Morgan fingerprint density at radius 3 is 2.77 bits per heavy atom. The number of ketones is 1. The molecule has 3 aromatic rings. The van der Waals surface area contributed by atoms with Gasteiger partial charge in [-0.15, -0.1) is 11.3 Å². The number of carbonyl (C=O) groups is 1. The molecule has 0 bridgehead atoms. The summed E-state index contributed by atoms with van der Waals surface area (Å²) in [5.74, 6) is 0.291. The van der Waals surface area contributed by atoms with Gasteiger partial charge in [-0.1, -0.05) is 23.9 Å². The van der Waals surface area contributed by atoms with Crippen LogP contribution >= 0.6 is 45.7 Å². The van der Waals surface area contributed by atoms with Crippen molar-refractivity contribution in [3.8, 4) is 0 Å². The molecule has 2 aromatic heterocycles. The highest BCUT2D eigenvalue weighted by Gasteiger charge is 2.12. The molecular formula is C15H11IN2O2S2. The number of Topliss-reactive ketones (excluding diaryl/α,β-unsaturated/α-hetero) is 1. The van der Waals surface area contributed by atoms with E-state index in [1.165, 1.54) is 27.7 Å². The highest BCUT2D eigenvalue weighted by molar-refractivity contribution is 14.1. The predicted octanol–water partition coefficient (Wildman–Crippen LogP) is 3.57. The van der Waals surface area contributed by atoms with E-state index in [2.05, 4.69) is 27.6 Å². The Labute approximate surface area is 148 Å². The van der Waals surface area contributed by atoms with Gasteiger partial charge in [0.25, 0.3) is 5.56 Å². The molecule has 2 heterocycles. The van der Waals surface area contributed by atoms with E-state index in [1.807, 2.05) is 29.6 Å². The SMILES string of the molecule is Cn1c(SCC(=O)c2ccc(I)cc2)nc2sccc2c1=O. The average molecular weight is 442 g/mol. The van der Waals surface area contributed by atoms with Gasteiger partial charge >= 0.3 is 0 Å². The van der Waals surface area contributed by atoms with Gasteiger partial charge in [0.1, 0.15) is 4.83 Å². The molecule has 112 valence electrons. The number of nitrogens with zero attached hydrogens (tertiary/aromatic N) is 2. The minimum absolute atomic E-state index is 0.0296. The summed E-state index contributed by atoms with van der Waals surface area (Å²) < 4.78 is 2.59. The maximum atomic E-state index is 12.2. The van der Waals surface area contributed by atoms with Crippen molar-refractivity contribution >= 4 is 61.7 Å². The summed E-state index contributed by atoms with van der Waals surface area (Å²) in [7, 11) is 1.68.